The fourth-order valence-corrected chi connectivity index (χ4v) is 3.52. The SMILES string of the molecule is Cc1cc(N)ccc1C1CNCCCN1c1ccc(N)cc1C.Cl.Cl.Cl.Cl. The molecule has 27 heavy (non-hydrogen) atoms. The second kappa shape index (κ2) is 12.4. The average molecular weight is 456 g/mol. The van der Waals surface area contributed by atoms with E-state index >= 15 is 0 Å². The number of hydrogen-bond donors (Lipinski definition) is 3. The average Bonchev–Trinajstić information content (AvgIpc) is 2.73. The Morgan fingerprint density at radius 3 is 2.07 bits per heavy atom. The molecular weight excluding hydrogens is 426 g/mol. The molecule has 1 aliphatic heterocycles. The van der Waals surface area contributed by atoms with Gasteiger partial charge in [-0.15, -0.1) is 49.6 Å². The highest BCUT2D eigenvalue weighted by atomic mass is 35.5. The molecule has 1 heterocycles. The van der Waals surface area contributed by atoms with Gasteiger partial charge in [-0.25, -0.2) is 0 Å². The molecule has 0 radical (unpaired) electrons. The largest absolute Gasteiger partial charge is 0.399 e. The van der Waals surface area contributed by atoms with Gasteiger partial charge in [-0.05, 0) is 73.8 Å². The van der Waals surface area contributed by atoms with Gasteiger partial charge in [0.05, 0.1) is 6.04 Å². The topological polar surface area (TPSA) is 67.3 Å². The minimum Gasteiger partial charge on any atom is -0.399 e. The summed E-state index contributed by atoms with van der Waals surface area (Å²) >= 11 is 0. The van der Waals surface area contributed by atoms with Crippen LogP contribution in [0.3, 0.4) is 0 Å². The Morgan fingerprint density at radius 2 is 1.48 bits per heavy atom. The Hall–Kier alpha value is -1.04. The van der Waals surface area contributed by atoms with Crippen LogP contribution in [0.5, 0.6) is 0 Å². The Morgan fingerprint density at radius 1 is 0.889 bits per heavy atom. The lowest BCUT2D eigenvalue weighted by Gasteiger charge is -2.34. The molecule has 1 unspecified atom stereocenters. The van der Waals surface area contributed by atoms with Gasteiger partial charge in [0, 0.05) is 30.2 Å². The number of aryl methyl sites for hydroxylation is 2. The Bertz CT molecular complexity index is 653. The lowest BCUT2D eigenvalue weighted by Crippen LogP contribution is -2.33. The van der Waals surface area contributed by atoms with E-state index in [2.05, 4.69) is 48.3 Å². The normalized spacial score (nSPS) is 15.9. The van der Waals surface area contributed by atoms with Crippen LogP contribution in [0, 0.1) is 13.8 Å². The summed E-state index contributed by atoms with van der Waals surface area (Å²) in [4.78, 5) is 2.51. The Kier molecular flexibility index (Phi) is 13.0. The molecule has 2 aromatic carbocycles. The van der Waals surface area contributed by atoms with Crippen molar-refractivity contribution < 1.29 is 0 Å². The molecule has 1 aliphatic rings. The van der Waals surface area contributed by atoms with Crippen molar-refractivity contribution >= 4 is 66.7 Å². The molecule has 1 fully saturated rings. The van der Waals surface area contributed by atoms with E-state index in [0.29, 0.717) is 6.04 Å². The highest BCUT2D eigenvalue weighted by molar-refractivity contribution is 5.86. The van der Waals surface area contributed by atoms with Crippen LogP contribution in [0.1, 0.15) is 29.2 Å². The molecule has 1 atom stereocenters. The van der Waals surface area contributed by atoms with Crippen molar-refractivity contribution in [2.45, 2.75) is 26.3 Å². The first-order valence-electron chi connectivity index (χ1n) is 8.26. The summed E-state index contributed by atoms with van der Waals surface area (Å²) < 4.78 is 0. The van der Waals surface area contributed by atoms with Crippen LogP contribution in [0.25, 0.3) is 0 Å². The monoisotopic (exact) mass is 454 g/mol. The second-order valence-corrected chi connectivity index (χ2v) is 6.43. The third-order valence-electron chi connectivity index (χ3n) is 4.65. The quantitative estimate of drug-likeness (QED) is 0.574. The van der Waals surface area contributed by atoms with E-state index in [1.807, 2.05) is 12.1 Å². The number of nitrogens with two attached hydrogens (primary N) is 2. The lowest BCUT2D eigenvalue weighted by molar-refractivity contribution is 0.613. The zero-order valence-corrected chi connectivity index (χ0v) is 18.9. The third-order valence-corrected chi connectivity index (χ3v) is 4.65. The molecule has 0 aliphatic carbocycles. The molecule has 3 rings (SSSR count). The number of benzene rings is 2. The van der Waals surface area contributed by atoms with E-state index in [1.165, 1.54) is 22.4 Å². The molecule has 8 heteroatoms. The maximum Gasteiger partial charge on any atom is 0.0669 e. The van der Waals surface area contributed by atoms with Gasteiger partial charge in [-0.2, -0.15) is 0 Å². The predicted molar refractivity (Wildman–Crippen MR) is 128 cm³/mol. The van der Waals surface area contributed by atoms with E-state index in [1.54, 1.807) is 0 Å². The minimum absolute atomic E-state index is 0. The first-order valence-corrected chi connectivity index (χ1v) is 8.26. The van der Waals surface area contributed by atoms with Gasteiger partial charge in [0.2, 0.25) is 0 Å². The molecule has 2 aromatic rings. The van der Waals surface area contributed by atoms with Crippen molar-refractivity contribution in [3.8, 4) is 0 Å². The molecule has 0 bridgehead atoms. The molecule has 1 saturated heterocycles. The molecule has 0 aromatic heterocycles. The number of hydrogen-bond acceptors (Lipinski definition) is 4. The van der Waals surface area contributed by atoms with Gasteiger partial charge >= 0.3 is 0 Å². The molecule has 0 saturated carbocycles. The summed E-state index contributed by atoms with van der Waals surface area (Å²) in [7, 11) is 0. The number of nitrogen functional groups attached to an aromatic ring is 2. The van der Waals surface area contributed by atoms with Gasteiger partial charge < -0.3 is 21.7 Å². The zero-order chi connectivity index (χ0) is 16.4. The number of nitrogens with zero attached hydrogens (tertiary/aromatic N) is 1. The summed E-state index contributed by atoms with van der Waals surface area (Å²) in [6.07, 6.45) is 1.13. The van der Waals surface area contributed by atoms with Crippen LogP contribution < -0.4 is 21.7 Å². The summed E-state index contributed by atoms with van der Waals surface area (Å²) in [6.45, 7) is 7.30. The number of rotatable bonds is 2. The first-order chi connectivity index (χ1) is 11.1. The molecule has 0 amide bonds. The van der Waals surface area contributed by atoms with Crippen molar-refractivity contribution in [3.05, 3.63) is 53.1 Å². The van der Waals surface area contributed by atoms with Gasteiger partial charge in [-0.1, -0.05) is 6.07 Å². The fourth-order valence-electron chi connectivity index (χ4n) is 3.52. The molecule has 4 nitrogen and oxygen atoms in total. The van der Waals surface area contributed by atoms with Gasteiger partial charge in [0.25, 0.3) is 0 Å². The minimum atomic E-state index is 0. The van der Waals surface area contributed by atoms with Crippen LogP contribution in [0.2, 0.25) is 0 Å². The van der Waals surface area contributed by atoms with Crippen LogP contribution in [0.4, 0.5) is 17.1 Å². The van der Waals surface area contributed by atoms with Crippen molar-refractivity contribution in [3.63, 3.8) is 0 Å². The third kappa shape index (κ3) is 6.51. The van der Waals surface area contributed by atoms with E-state index in [-0.39, 0.29) is 49.6 Å². The smallest absolute Gasteiger partial charge is 0.0669 e. The Labute approximate surface area is 187 Å². The molecular formula is C19H30Cl4N4. The van der Waals surface area contributed by atoms with Crippen molar-refractivity contribution in [2.24, 2.45) is 0 Å². The van der Waals surface area contributed by atoms with Crippen molar-refractivity contribution in [1.82, 2.24) is 5.32 Å². The van der Waals surface area contributed by atoms with Crippen LogP contribution >= 0.6 is 49.6 Å². The summed E-state index contributed by atoms with van der Waals surface area (Å²) in [5.41, 5.74) is 18.6. The van der Waals surface area contributed by atoms with Crippen molar-refractivity contribution in [2.75, 3.05) is 36.0 Å². The summed E-state index contributed by atoms with van der Waals surface area (Å²) in [6, 6.07) is 12.7. The van der Waals surface area contributed by atoms with E-state index in [0.717, 1.165) is 37.4 Å². The number of nitrogens with one attached hydrogen (secondary N) is 1. The lowest BCUT2D eigenvalue weighted by atomic mass is 9.98. The Balaban J connectivity index is 0. The standard InChI is InChI=1S/C19H26N4.4ClH/c1-13-10-15(20)4-6-17(13)19-12-22-8-3-9-23(19)18-7-5-16(21)11-14(18)2;;;;/h4-7,10-11,19,22H,3,8-9,12,20-21H2,1-2H3;4*1H. The van der Waals surface area contributed by atoms with Gasteiger partial charge in [0.15, 0.2) is 0 Å². The van der Waals surface area contributed by atoms with Gasteiger partial charge in [0.1, 0.15) is 0 Å². The highest BCUT2D eigenvalue weighted by Gasteiger charge is 2.25. The summed E-state index contributed by atoms with van der Waals surface area (Å²) in [5.74, 6) is 0. The first kappa shape index (κ1) is 28.2. The molecule has 154 valence electrons. The fraction of sp³-hybridized carbons (Fsp3) is 0.368. The summed E-state index contributed by atoms with van der Waals surface area (Å²) in [5, 5.41) is 3.57. The number of halogens is 4. The highest BCUT2D eigenvalue weighted by Crippen LogP contribution is 2.33. The van der Waals surface area contributed by atoms with Crippen molar-refractivity contribution in [1.29, 1.82) is 0 Å². The number of anilines is 3. The van der Waals surface area contributed by atoms with E-state index < -0.39 is 0 Å². The van der Waals surface area contributed by atoms with Crippen LogP contribution in [0.15, 0.2) is 36.4 Å². The second-order valence-electron chi connectivity index (χ2n) is 6.43. The van der Waals surface area contributed by atoms with Crippen LogP contribution in [-0.2, 0) is 0 Å². The van der Waals surface area contributed by atoms with E-state index in [4.69, 9.17) is 11.5 Å². The molecule has 5 N–H and O–H groups in total. The maximum absolute atomic E-state index is 5.93. The molecule has 0 spiro atoms. The van der Waals surface area contributed by atoms with Gasteiger partial charge in [-0.3, -0.25) is 0 Å². The maximum atomic E-state index is 5.93. The zero-order valence-electron chi connectivity index (χ0n) is 15.6. The predicted octanol–water partition coefficient (Wildman–Crippen LogP) is 4.70. The van der Waals surface area contributed by atoms with E-state index in [9.17, 15) is 0 Å². The van der Waals surface area contributed by atoms with Crippen LogP contribution in [-0.4, -0.2) is 19.6 Å².